The van der Waals surface area contributed by atoms with Gasteiger partial charge in [-0.3, -0.25) is 10.1 Å². The Balaban J connectivity index is 2.09. The number of nitrogens with zero attached hydrogens (tertiary/aromatic N) is 1. The molecule has 1 aromatic carbocycles. The predicted molar refractivity (Wildman–Crippen MR) is 103 cm³/mol. The number of anilines is 1. The molecule has 25 heavy (non-hydrogen) atoms. The second-order valence-electron chi connectivity index (χ2n) is 6.00. The minimum atomic E-state index is -0.597. The van der Waals surface area contributed by atoms with E-state index in [1.807, 2.05) is 45.0 Å². The maximum Gasteiger partial charge on any atom is 0.319 e. The molecule has 2 rings (SSSR count). The number of nitrogens with two attached hydrogens (primary N) is 1. The topological polar surface area (TPSA) is 97.1 Å². The maximum absolute atomic E-state index is 11.9. The number of amides is 3. The second-order valence-corrected chi connectivity index (χ2v) is 7.74. The third-order valence-corrected chi connectivity index (χ3v) is 5.33. The molecule has 0 unspecified atom stereocenters. The number of hydrogen-bond donors (Lipinski definition) is 3. The van der Waals surface area contributed by atoms with Crippen molar-refractivity contribution in [3.8, 4) is 0 Å². The van der Waals surface area contributed by atoms with E-state index in [-0.39, 0.29) is 11.6 Å². The van der Waals surface area contributed by atoms with Crippen LogP contribution in [0.4, 0.5) is 9.80 Å². The molecule has 4 N–H and O–H groups in total. The van der Waals surface area contributed by atoms with E-state index in [4.69, 9.17) is 5.73 Å². The quantitative estimate of drug-likeness (QED) is 0.641. The lowest BCUT2D eigenvalue weighted by molar-refractivity contribution is 0.0998. The van der Waals surface area contributed by atoms with Gasteiger partial charge in [-0.2, -0.15) is 4.37 Å². The average molecular weight is 379 g/mol. The fourth-order valence-electron chi connectivity index (χ4n) is 2.04. The molecule has 0 bridgehead atoms. The molecule has 1 aromatic heterocycles. The van der Waals surface area contributed by atoms with Gasteiger partial charge in [0.25, 0.3) is 5.91 Å². The van der Waals surface area contributed by atoms with E-state index in [1.165, 1.54) is 22.9 Å². The van der Waals surface area contributed by atoms with E-state index in [1.54, 1.807) is 0 Å². The van der Waals surface area contributed by atoms with Crippen LogP contribution < -0.4 is 16.4 Å². The maximum atomic E-state index is 11.9. The first kappa shape index (κ1) is 19.3. The third-order valence-electron chi connectivity index (χ3n) is 3.43. The zero-order chi connectivity index (χ0) is 18.4. The van der Waals surface area contributed by atoms with Crippen molar-refractivity contribution in [2.24, 2.45) is 11.7 Å². The highest BCUT2D eigenvalue weighted by Crippen LogP contribution is 2.33. The fourth-order valence-corrected chi connectivity index (χ4v) is 4.08. The van der Waals surface area contributed by atoms with Crippen molar-refractivity contribution >= 4 is 40.2 Å². The summed E-state index contributed by atoms with van der Waals surface area (Å²) < 4.78 is 4.29. The lowest BCUT2D eigenvalue weighted by Crippen LogP contribution is -2.32. The van der Waals surface area contributed by atoms with Gasteiger partial charge in [-0.1, -0.05) is 49.9 Å². The first-order valence-corrected chi connectivity index (χ1v) is 9.66. The normalized spacial score (nSPS) is 10.7. The highest BCUT2D eigenvalue weighted by atomic mass is 32.2. The Morgan fingerprint density at radius 1 is 1.32 bits per heavy atom. The van der Waals surface area contributed by atoms with Gasteiger partial charge in [0.2, 0.25) is 0 Å². The summed E-state index contributed by atoms with van der Waals surface area (Å²) >= 11 is 2.50. The van der Waals surface area contributed by atoms with Crippen LogP contribution in [0.1, 0.15) is 35.3 Å². The molecule has 2 aromatic rings. The molecule has 0 saturated carbocycles. The van der Waals surface area contributed by atoms with E-state index in [0.29, 0.717) is 28.2 Å². The van der Waals surface area contributed by atoms with Crippen LogP contribution >= 0.6 is 23.3 Å². The largest absolute Gasteiger partial charge is 0.365 e. The molecular formula is C17H22N4O2S2. The first-order valence-electron chi connectivity index (χ1n) is 7.90. The second kappa shape index (κ2) is 8.87. The molecule has 8 heteroatoms. The van der Waals surface area contributed by atoms with Crippen LogP contribution in [-0.4, -0.2) is 22.9 Å². The number of rotatable bonds is 7. The number of carbonyl (C=O) groups is 2. The number of carbonyl (C=O) groups excluding carboxylic acids is 2. The molecule has 6 nitrogen and oxygen atoms in total. The molecule has 0 saturated heterocycles. The Bertz CT molecular complexity index is 759. The van der Waals surface area contributed by atoms with E-state index in [9.17, 15) is 9.59 Å². The van der Waals surface area contributed by atoms with Crippen LogP contribution in [0.5, 0.6) is 0 Å². The standard InChI is InChI=1S/C17H22N4O2S2/c1-10(2)8-19-17(23)20-15-13(14(18)22)16(21-25-15)24-9-12-7-5-4-6-11(12)3/h4-7,10H,8-9H2,1-3H3,(H2,18,22)(H2,19,20,23). The Morgan fingerprint density at radius 2 is 2.04 bits per heavy atom. The summed E-state index contributed by atoms with van der Waals surface area (Å²) in [5.74, 6) is 0.415. The Hall–Kier alpha value is -2.06. The van der Waals surface area contributed by atoms with Crippen LogP contribution in [0.15, 0.2) is 29.3 Å². The van der Waals surface area contributed by atoms with Gasteiger partial charge in [-0.25, -0.2) is 4.79 Å². The van der Waals surface area contributed by atoms with Gasteiger partial charge < -0.3 is 11.1 Å². The van der Waals surface area contributed by atoms with E-state index in [0.717, 1.165) is 11.5 Å². The Morgan fingerprint density at radius 3 is 2.68 bits per heavy atom. The third kappa shape index (κ3) is 5.47. The van der Waals surface area contributed by atoms with Gasteiger partial charge >= 0.3 is 6.03 Å². The molecule has 0 aliphatic carbocycles. The van der Waals surface area contributed by atoms with Gasteiger partial charge in [0, 0.05) is 12.3 Å². The predicted octanol–water partition coefficient (Wildman–Crippen LogP) is 3.62. The van der Waals surface area contributed by atoms with Gasteiger partial charge in [-0.05, 0) is 35.5 Å². The number of aromatic nitrogens is 1. The number of urea groups is 1. The highest BCUT2D eigenvalue weighted by Gasteiger charge is 2.21. The summed E-state index contributed by atoms with van der Waals surface area (Å²) in [5, 5.41) is 6.33. The summed E-state index contributed by atoms with van der Waals surface area (Å²) in [6.07, 6.45) is 0. The number of thioether (sulfide) groups is 1. The van der Waals surface area contributed by atoms with Crippen molar-refractivity contribution in [1.29, 1.82) is 0 Å². The van der Waals surface area contributed by atoms with Crippen LogP contribution in [0.3, 0.4) is 0 Å². The van der Waals surface area contributed by atoms with Crippen LogP contribution in [-0.2, 0) is 5.75 Å². The van der Waals surface area contributed by atoms with Gasteiger partial charge in [0.15, 0.2) is 0 Å². The number of primary amides is 1. The smallest absolute Gasteiger partial charge is 0.319 e. The summed E-state index contributed by atoms with van der Waals surface area (Å²) in [7, 11) is 0. The van der Waals surface area contributed by atoms with Gasteiger partial charge in [0.05, 0.1) is 0 Å². The number of benzene rings is 1. The van der Waals surface area contributed by atoms with Crippen molar-refractivity contribution in [3.63, 3.8) is 0 Å². The summed E-state index contributed by atoms with van der Waals surface area (Å²) in [6, 6.07) is 7.68. The van der Waals surface area contributed by atoms with Crippen LogP contribution in [0.25, 0.3) is 0 Å². The van der Waals surface area contributed by atoms with Crippen molar-refractivity contribution in [1.82, 2.24) is 9.69 Å². The van der Waals surface area contributed by atoms with Crippen molar-refractivity contribution < 1.29 is 9.59 Å². The molecule has 0 aliphatic heterocycles. The number of hydrogen-bond acceptors (Lipinski definition) is 5. The van der Waals surface area contributed by atoms with Crippen molar-refractivity contribution in [2.45, 2.75) is 31.6 Å². The van der Waals surface area contributed by atoms with Crippen LogP contribution in [0, 0.1) is 12.8 Å². The SMILES string of the molecule is Cc1ccccc1CSc1nsc(NC(=O)NCC(C)C)c1C(N)=O. The minimum absolute atomic E-state index is 0.267. The lowest BCUT2D eigenvalue weighted by atomic mass is 10.1. The average Bonchev–Trinajstić information content (AvgIpc) is 2.95. The van der Waals surface area contributed by atoms with E-state index >= 15 is 0 Å². The zero-order valence-electron chi connectivity index (χ0n) is 14.5. The Labute approximate surface area is 155 Å². The molecule has 3 amide bonds. The summed E-state index contributed by atoms with van der Waals surface area (Å²) in [4.78, 5) is 23.8. The van der Waals surface area contributed by atoms with Crippen LogP contribution in [0.2, 0.25) is 0 Å². The summed E-state index contributed by atoms with van der Waals surface area (Å²) in [5.41, 5.74) is 8.11. The molecule has 0 radical (unpaired) electrons. The van der Waals surface area contributed by atoms with Gasteiger partial charge in [-0.15, -0.1) is 0 Å². The monoisotopic (exact) mass is 378 g/mol. The minimum Gasteiger partial charge on any atom is -0.365 e. The molecule has 0 atom stereocenters. The Kier molecular flexibility index (Phi) is 6.83. The van der Waals surface area contributed by atoms with Crippen molar-refractivity contribution in [2.75, 3.05) is 11.9 Å². The molecule has 0 spiro atoms. The molecular weight excluding hydrogens is 356 g/mol. The molecule has 0 aliphatic rings. The summed E-state index contributed by atoms with van der Waals surface area (Å²) in [6.45, 7) is 6.59. The highest BCUT2D eigenvalue weighted by molar-refractivity contribution is 7.98. The number of aryl methyl sites for hydroxylation is 1. The number of nitrogens with one attached hydrogen (secondary N) is 2. The first-order chi connectivity index (χ1) is 11.9. The van der Waals surface area contributed by atoms with E-state index in [2.05, 4.69) is 15.0 Å². The molecule has 134 valence electrons. The van der Waals surface area contributed by atoms with E-state index < -0.39 is 5.91 Å². The van der Waals surface area contributed by atoms with Gasteiger partial charge in [0.1, 0.15) is 15.6 Å². The molecule has 1 heterocycles. The fraction of sp³-hybridized carbons (Fsp3) is 0.353. The van der Waals surface area contributed by atoms with Crippen molar-refractivity contribution in [3.05, 3.63) is 41.0 Å². The zero-order valence-corrected chi connectivity index (χ0v) is 16.1. The molecule has 0 fully saturated rings. The lowest BCUT2D eigenvalue weighted by Gasteiger charge is -2.09.